The van der Waals surface area contributed by atoms with Crippen LogP contribution < -0.4 is 26.0 Å². The molecular weight excluding hydrogens is 1190 g/mol. The molecule has 5 N–H and O–H groups in total. The van der Waals surface area contributed by atoms with E-state index in [1.165, 1.54) is 17.4 Å². The molecule has 3 atom stereocenters. The molecule has 23 heteroatoms. The number of primary amides is 1. The molecule has 20 nitrogen and oxygen atoms in total. The number of anilines is 2. The number of likely N-dealkylation sites (tertiary alicyclic amines) is 1. The van der Waals surface area contributed by atoms with Crippen LogP contribution in [0.15, 0.2) is 84.2 Å². The number of hydrogen-bond donors (Lipinski definition) is 4. The fourth-order valence-corrected chi connectivity index (χ4v) is 13.6. The van der Waals surface area contributed by atoms with Crippen LogP contribution in [0.25, 0.3) is 54.8 Å². The molecule has 3 fully saturated rings. The van der Waals surface area contributed by atoms with E-state index in [1.54, 1.807) is 42.5 Å². The number of urea groups is 1. The second-order valence-corrected chi connectivity index (χ2v) is 24.5. The molecule has 1 aliphatic carbocycles. The van der Waals surface area contributed by atoms with Crippen LogP contribution in [-0.2, 0) is 33.3 Å². The van der Waals surface area contributed by atoms with Crippen molar-refractivity contribution in [1.29, 1.82) is 0 Å². The van der Waals surface area contributed by atoms with E-state index >= 15 is 4.39 Å². The summed E-state index contributed by atoms with van der Waals surface area (Å²) < 4.78 is 46.2. The van der Waals surface area contributed by atoms with Crippen molar-refractivity contribution in [1.82, 2.24) is 35.0 Å². The third-order valence-corrected chi connectivity index (χ3v) is 18.7. The molecule has 4 amide bonds. The van der Waals surface area contributed by atoms with E-state index in [0.717, 1.165) is 71.3 Å². The molecule has 10 rings (SSSR count). The Morgan fingerprint density at radius 2 is 1.46 bits per heavy atom. The van der Waals surface area contributed by atoms with Crippen molar-refractivity contribution >= 4 is 90.8 Å². The lowest BCUT2D eigenvalue weighted by Crippen LogP contribution is -2.50. The molecule has 1 saturated carbocycles. The number of fused-ring (bicyclic) bond motifs is 3. The minimum atomic E-state index is -0.697. The van der Waals surface area contributed by atoms with Gasteiger partial charge in [0, 0.05) is 98.9 Å². The van der Waals surface area contributed by atoms with E-state index in [0.29, 0.717) is 126 Å². The van der Waals surface area contributed by atoms with Crippen LogP contribution in [0, 0.1) is 17.7 Å². The SMILES string of the molecule is CN[C@@H](C)C(=O)C[C@H](C(=O)N1CCC[C@H]1c1nc(-c2ccc(OCCOCCOCCOCCOCCN(C)C(=O)CCNc3nc(N4CCN(C(N)=O)CC4)c4cc(Cl)c(-c5cc(O)cc6ccccc56)c(F)c4n3)c3ccccc23)cs1)C1CCCCC1. The van der Waals surface area contributed by atoms with E-state index in [2.05, 4.69) is 39.2 Å². The van der Waals surface area contributed by atoms with Crippen molar-refractivity contribution in [3.63, 3.8) is 0 Å². The molecule has 2 aromatic heterocycles. The number of likely N-dealkylation sites (N-methyl/N-ethyl adjacent to an activating group) is 2. The maximum Gasteiger partial charge on any atom is 0.314 e. The van der Waals surface area contributed by atoms with Gasteiger partial charge in [-0.05, 0) is 97.6 Å². The summed E-state index contributed by atoms with van der Waals surface area (Å²) in [6.45, 7) is 7.81. The molecule has 5 aromatic carbocycles. The second kappa shape index (κ2) is 31.6. The third-order valence-electron chi connectivity index (χ3n) is 17.5. The fourth-order valence-electron chi connectivity index (χ4n) is 12.4. The van der Waals surface area contributed by atoms with Gasteiger partial charge in [0.15, 0.2) is 5.82 Å². The maximum atomic E-state index is 17.0. The van der Waals surface area contributed by atoms with Gasteiger partial charge in [-0.15, -0.1) is 11.3 Å². The first kappa shape index (κ1) is 65.6. The molecular formula is C67H82ClFN10O10S. The molecule has 0 radical (unpaired) electrons. The summed E-state index contributed by atoms with van der Waals surface area (Å²) in [5.74, 6) is 0.532. The standard InChI is InChI=1S/C67H82ClFN10O10S/c1-43(71-2)57(81)41-51(44-12-5-4-6-13-44)65(83)79-23-11-18-56(79)64-73-55(42-90-64)49-19-20-58(50-17-10-9-16-48(49)50)89-37-36-88-35-34-87-33-32-86-31-30-85-29-28-76(3)59(82)21-22-72-67-74-62-53(63(75-67)77-24-26-78(27-25-77)66(70)84)40-54(68)60(61(62)69)52-39-46(80)38-45-14-7-8-15-47(45)52/h7-10,14-17,19-20,38-40,42-44,51,56,71,80H,4-6,11-13,18,21-37,41H2,1-3H3,(H2,70,84)(H,72,74,75)/t43-,51-,56-/m0/s1. The minimum absolute atomic E-state index is 0.000757. The Morgan fingerprint density at radius 3 is 2.17 bits per heavy atom. The number of ketones is 1. The normalized spacial score (nSPS) is 16.3. The van der Waals surface area contributed by atoms with E-state index in [4.69, 9.17) is 51.0 Å². The van der Waals surface area contributed by atoms with Gasteiger partial charge in [-0.1, -0.05) is 79.4 Å². The largest absolute Gasteiger partial charge is 0.508 e. The number of carbonyl (C=O) groups is 4. The van der Waals surface area contributed by atoms with Crippen LogP contribution in [0.1, 0.15) is 75.8 Å². The Balaban J connectivity index is 0.611. The monoisotopic (exact) mass is 1270 g/mol. The second-order valence-electron chi connectivity index (χ2n) is 23.2. The highest BCUT2D eigenvalue weighted by atomic mass is 35.5. The van der Waals surface area contributed by atoms with Crippen molar-refractivity contribution in [3.8, 4) is 33.9 Å². The topological polar surface area (TPSA) is 236 Å². The Kier molecular flexibility index (Phi) is 23.1. The van der Waals surface area contributed by atoms with Crippen LogP contribution in [-0.4, -0.2) is 184 Å². The van der Waals surface area contributed by atoms with Gasteiger partial charge >= 0.3 is 6.03 Å². The Morgan fingerprint density at radius 1 is 0.778 bits per heavy atom. The minimum Gasteiger partial charge on any atom is -0.508 e. The van der Waals surface area contributed by atoms with Crippen LogP contribution in [0.4, 0.5) is 21.0 Å². The Labute approximate surface area is 533 Å². The number of aromatic hydroxyl groups is 1. The van der Waals surface area contributed by atoms with Gasteiger partial charge in [0.05, 0.1) is 75.7 Å². The highest BCUT2D eigenvalue weighted by molar-refractivity contribution is 7.10. The zero-order valence-corrected chi connectivity index (χ0v) is 53.1. The van der Waals surface area contributed by atoms with Crippen LogP contribution >= 0.6 is 22.9 Å². The number of aromatic nitrogens is 3. The number of hydrogen-bond acceptors (Lipinski definition) is 17. The van der Waals surface area contributed by atoms with Gasteiger partial charge in [0.2, 0.25) is 17.8 Å². The number of piperazine rings is 1. The Bertz CT molecular complexity index is 3620. The molecule has 2 aliphatic heterocycles. The molecule has 7 aromatic rings. The number of Topliss-reactive ketones (excluding diaryl/α,β-unsaturated/α-hetero) is 1. The van der Waals surface area contributed by atoms with Gasteiger partial charge in [-0.3, -0.25) is 14.4 Å². The third kappa shape index (κ3) is 16.0. The van der Waals surface area contributed by atoms with Crippen LogP contribution in [0.5, 0.6) is 11.5 Å². The van der Waals surface area contributed by atoms with E-state index in [1.807, 2.05) is 59.2 Å². The maximum absolute atomic E-state index is 17.0. The lowest BCUT2D eigenvalue weighted by atomic mass is 9.76. The number of benzene rings is 5. The van der Waals surface area contributed by atoms with Gasteiger partial charge in [-0.25, -0.2) is 19.2 Å². The highest BCUT2D eigenvalue weighted by Crippen LogP contribution is 2.44. The number of carbonyl (C=O) groups excluding carboxylic acids is 4. The molecule has 90 heavy (non-hydrogen) atoms. The number of halogens is 2. The molecule has 0 spiro atoms. The average Bonchev–Trinajstić information content (AvgIpc) is 0.911. The number of phenols is 1. The summed E-state index contributed by atoms with van der Waals surface area (Å²) in [5, 5.41) is 23.7. The predicted molar refractivity (Wildman–Crippen MR) is 349 cm³/mol. The van der Waals surface area contributed by atoms with Crippen LogP contribution in [0.3, 0.4) is 0 Å². The van der Waals surface area contributed by atoms with Crippen molar-refractivity contribution in [3.05, 3.63) is 100 Å². The fraction of sp³-hybridized carbons (Fsp3) is 0.478. The molecule has 2 saturated heterocycles. The Hall–Kier alpha value is -7.31. The number of nitrogens with zero attached hydrogens (tertiary/aromatic N) is 7. The number of thiazole rings is 1. The molecule has 0 bridgehead atoms. The van der Waals surface area contributed by atoms with Crippen molar-refractivity contribution in [2.24, 2.45) is 17.6 Å². The smallest absolute Gasteiger partial charge is 0.314 e. The number of rotatable bonds is 30. The number of nitrogens with two attached hydrogens (primary N) is 1. The van der Waals surface area contributed by atoms with E-state index in [-0.39, 0.29) is 88.7 Å². The first-order valence-corrected chi connectivity index (χ1v) is 32.6. The molecule has 3 aliphatic rings. The van der Waals surface area contributed by atoms with Crippen molar-refractivity contribution in [2.45, 2.75) is 76.8 Å². The van der Waals surface area contributed by atoms with Gasteiger partial charge < -0.3 is 64.8 Å². The molecule has 4 heterocycles. The number of amides is 4. The lowest BCUT2D eigenvalue weighted by Gasteiger charge is -2.35. The summed E-state index contributed by atoms with van der Waals surface area (Å²) in [6, 6.07) is 23.3. The van der Waals surface area contributed by atoms with Crippen LogP contribution in [0.2, 0.25) is 5.02 Å². The lowest BCUT2D eigenvalue weighted by molar-refractivity contribution is -0.141. The first-order valence-electron chi connectivity index (χ1n) is 31.4. The molecule has 480 valence electrons. The van der Waals surface area contributed by atoms with Gasteiger partial charge in [0.25, 0.3) is 0 Å². The van der Waals surface area contributed by atoms with Crippen molar-refractivity contribution < 1.29 is 52.4 Å². The number of phenolic OH excluding ortho intramolecular Hbond substituents is 1. The summed E-state index contributed by atoms with van der Waals surface area (Å²) in [7, 11) is 3.49. The highest BCUT2D eigenvalue weighted by Gasteiger charge is 2.40. The average molecular weight is 1270 g/mol. The van der Waals surface area contributed by atoms with E-state index < -0.39 is 11.8 Å². The summed E-state index contributed by atoms with van der Waals surface area (Å²) in [4.78, 5) is 74.4. The first-order chi connectivity index (χ1) is 43.8. The zero-order chi connectivity index (χ0) is 63.1. The quantitative estimate of drug-likeness (QED) is 0.0306. The summed E-state index contributed by atoms with van der Waals surface area (Å²) >= 11 is 8.47. The van der Waals surface area contributed by atoms with Gasteiger partial charge in [-0.2, -0.15) is 4.98 Å². The number of ether oxygens (including phenoxy) is 5. The van der Waals surface area contributed by atoms with Gasteiger partial charge in [0.1, 0.15) is 40.2 Å². The summed E-state index contributed by atoms with van der Waals surface area (Å²) in [6.07, 6.45) is 7.56. The van der Waals surface area contributed by atoms with Crippen molar-refractivity contribution in [2.75, 3.05) is 130 Å². The summed E-state index contributed by atoms with van der Waals surface area (Å²) in [5.41, 5.74) is 7.90. The predicted octanol–water partition coefficient (Wildman–Crippen LogP) is 10.3. The molecule has 0 unspecified atom stereocenters. The van der Waals surface area contributed by atoms with E-state index in [9.17, 15) is 24.3 Å². The number of nitrogens with one attached hydrogen (secondary N) is 2. The zero-order valence-electron chi connectivity index (χ0n) is 51.6.